The molecule has 0 unspecified atom stereocenters. The summed E-state index contributed by atoms with van der Waals surface area (Å²) in [5, 5.41) is 14.5. The van der Waals surface area contributed by atoms with E-state index in [1.165, 1.54) is 0 Å². The molecule has 23 heavy (non-hydrogen) atoms. The Kier molecular flexibility index (Phi) is 4.10. The van der Waals surface area contributed by atoms with E-state index in [0.29, 0.717) is 5.69 Å². The van der Waals surface area contributed by atoms with Crippen LogP contribution in [0.25, 0.3) is 10.9 Å². The van der Waals surface area contributed by atoms with Gasteiger partial charge in [0.05, 0.1) is 17.5 Å². The Bertz CT molecular complexity index is 881. The Hall–Kier alpha value is -3.08. The number of aromatic nitrogens is 1. The van der Waals surface area contributed by atoms with E-state index in [9.17, 15) is 4.79 Å². The number of carboxylic acids is 1. The predicted molar refractivity (Wildman–Crippen MR) is 92.2 cm³/mol. The summed E-state index contributed by atoms with van der Waals surface area (Å²) in [6.45, 7) is 2.97. The molecule has 0 atom stereocenters. The fraction of sp³-hybridized carbons (Fsp3) is 0.111. The predicted octanol–water partition coefficient (Wildman–Crippen LogP) is 3.81. The highest BCUT2D eigenvalue weighted by Crippen LogP contribution is 2.20. The molecule has 1 heterocycles. The van der Waals surface area contributed by atoms with E-state index in [4.69, 9.17) is 5.11 Å². The van der Waals surface area contributed by atoms with E-state index in [0.717, 1.165) is 23.0 Å². The van der Waals surface area contributed by atoms with Crippen LogP contribution in [0, 0.1) is 0 Å². The number of benzene rings is 2. The minimum atomic E-state index is -0.981. The van der Waals surface area contributed by atoms with Crippen molar-refractivity contribution in [3.05, 3.63) is 65.9 Å². The first kappa shape index (κ1) is 14.8. The molecule has 116 valence electrons. The molecule has 0 aliphatic carbocycles. The molecule has 5 nitrogen and oxygen atoms in total. The zero-order valence-corrected chi connectivity index (χ0v) is 12.7. The van der Waals surface area contributed by atoms with Crippen LogP contribution in [0.4, 0.5) is 5.69 Å². The van der Waals surface area contributed by atoms with Crippen LogP contribution in [-0.2, 0) is 6.54 Å². The van der Waals surface area contributed by atoms with E-state index in [2.05, 4.69) is 28.1 Å². The molecule has 2 N–H and O–H groups in total. The lowest BCUT2D eigenvalue weighted by molar-refractivity contribution is 0.0698. The van der Waals surface area contributed by atoms with E-state index in [1.54, 1.807) is 30.5 Å². The first-order valence-electron chi connectivity index (χ1n) is 7.40. The SMILES string of the molecule is CCn1cc(/C=N\Nc2ccccc2C(=O)O)c2ccccc21. The smallest absolute Gasteiger partial charge is 0.337 e. The minimum Gasteiger partial charge on any atom is -0.478 e. The normalized spacial score (nSPS) is 11.2. The number of fused-ring (bicyclic) bond motifs is 1. The molecule has 2 aromatic carbocycles. The molecule has 0 fully saturated rings. The van der Waals surface area contributed by atoms with Crippen LogP contribution in [-0.4, -0.2) is 21.9 Å². The molecule has 0 amide bonds. The molecule has 1 aromatic heterocycles. The molecule has 0 radical (unpaired) electrons. The van der Waals surface area contributed by atoms with Crippen molar-refractivity contribution in [2.75, 3.05) is 5.43 Å². The maximum absolute atomic E-state index is 11.2. The Morgan fingerprint density at radius 2 is 1.96 bits per heavy atom. The average Bonchev–Trinajstić information content (AvgIpc) is 2.93. The quantitative estimate of drug-likeness (QED) is 0.556. The molecule has 3 aromatic rings. The molecule has 5 heteroatoms. The molecule has 0 saturated carbocycles. The van der Waals surface area contributed by atoms with Crippen molar-refractivity contribution < 1.29 is 9.90 Å². The zero-order chi connectivity index (χ0) is 16.2. The fourth-order valence-electron chi connectivity index (χ4n) is 2.58. The first-order valence-corrected chi connectivity index (χ1v) is 7.40. The van der Waals surface area contributed by atoms with Gasteiger partial charge in [-0.1, -0.05) is 30.3 Å². The van der Waals surface area contributed by atoms with Gasteiger partial charge in [0.2, 0.25) is 0 Å². The van der Waals surface area contributed by atoms with Crippen LogP contribution in [0.2, 0.25) is 0 Å². The number of hydrogen-bond acceptors (Lipinski definition) is 3. The van der Waals surface area contributed by atoms with Crippen molar-refractivity contribution in [2.24, 2.45) is 5.10 Å². The Morgan fingerprint density at radius 3 is 2.74 bits per heavy atom. The van der Waals surface area contributed by atoms with E-state index >= 15 is 0 Å². The largest absolute Gasteiger partial charge is 0.478 e. The third-order valence-corrected chi connectivity index (χ3v) is 3.71. The lowest BCUT2D eigenvalue weighted by Gasteiger charge is -2.03. The van der Waals surface area contributed by atoms with E-state index < -0.39 is 5.97 Å². The van der Waals surface area contributed by atoms with E-state index in [-0.39, 0.29) is 5.56 Å². The van der Waals surface area contributed by atoms with Gasteiger partial charge >= 0.3 is 5.97 Å². The molecular weight excluding hydrogens is 290 g/mol. The van der Waals surface area contributed by atoms with Crippen molar-refractivity contribution in [1.82, 2.24) is 4.57 Å². The van der Waals surface area contributed by atoms with Gasteiger partial charge in [0, 0.05) is 29.2 Å². The second kappa shape index (κ2) is 6.36. The second-order valence-electron chi connectivity index (χ2n) is 5.11. The second-order valence-corrected chi connectivity index (χ2v) is 5.11. The summed E-state index contributed by atoms with van der Waals surface area (Å²) in [5.74, 6) is -0.981. The molecule has 0 aliphatic heterocycles. The highest BCUT2D eigenvalue weighted by molar-refractivity contribution is 6.00. The van der Waals surface area contributed by atoms with Crippen molar-refractivity contribution >= 4 is 28.8 Å². The van der Waals surface area contributed by atoms with Crippen LogP contribution in [0.1, 0.15) is 22.8 Å². The van der Waals surface area contributed by atoms with Crippen LogP contribution >= 0.6 is 0 Å². The molecule has 0 aliphatic rings. The van der Waals surface area contributed by atoms with Crippen molar-refractivity contribution in [2.45, 2.75) is 13.5 Å². The summed E-state index contributed by atoms with van der Waals surface area (Å²) in [4.78, 5) is 11.2. The van der Waals surface area contributed by atoms with Crippen LogP contribution in [0.5, 0.6) is 0 Å². The maximum atomic E-state index is 11.2. The fourth-order valence-corrected chi connectivity index (χ4v) is 2.58. The molecular formula is C18H17N3O2. The third kappa shape index (κ3) is 2.94. The number of aromatic carboxylic acids is 1. The number of rotatable bonds is 5. The number of carbonyl (C=O) groups is 1. The topological polar surface area (TPSA) is 66.6 Å². The van der Waals surface area contributed by atoms with Gasteiger partial charge in [0.15, 0.2) is 0 Å². The highest BCUT2D eigenvalue weighted by atomic mass is 16.4. The summed E-state index contributed by atoms with van der Waals surface area (Å²) in [6.07, 6.45) is 3.76. The zero-order valence-electron chi connectivity index (χ0n) is 12.7. The molecule has 3 rings (SSSR count). The van der Waals surface area contributed by atoms with Gasteiger partial charge in [-0.05, 0) is 25.1 Å². The maximum Gasteiger partial charge on any atom is 0.337 e. The summed E-state index contributed by atoms with van der Waals surface area (Å²) in [6, 6.07) is 14.8. The molecule has 0 bridgehead atoms. The van der Waals surface area contributed by atoms with Crippen molar-refractivity contribution in [3.63, 3.8) is 0 Å². The highest BCUT2D eigenvalue weighted by Gasteiger charge is 2.08. The number of hydrazone groups is 1. The number of aryl methyl sites for hydroxylation is 1. The minimum absolute atomic E-state index is 0.195. The van der Waals surface area contributed by atoms with Crippen LogP contribution in [0.3, 0.4) is 0 Å². The number of para-hydroxylation sites is 2. The monoisotopic (exact) mass is 307 g/mol. The standard InChI is InChI=1S/C18H17N3O2/c1-2-21-12-13(14-7-4-6-10-17(14)21)11-19-20-16-9-5-3-8-15(16)18(22)23/h3-12,20H,2H2,1H3,(H,22,23)/b19-11-. The Morgan fingerprint density at radius 1 is 1.22 bits per heavy atom. The van der Waals surface area contributed by atoms with Crippen molar-refractivity contribution in [1.29, 1.82) is 0 Å². The molecule has 0 spiro atoms. The summed E-state index contributed by atoms with van der Waals surface area (Å²) in [5.41, 5.74) is 5.62. The number of hydrogen-bond donors (Lipinski definition) is 2. The number of nitrogens with one attached hydrogen (secondary N) is 1. The Labute approximate surface area is 133 Å². The van der Waals surface area contributed by atoms with Gasteiger partial charge in [-0.15, -0.1) is 0 Å². The third-order valence-electron chi connectivity index (χ3n) is 3.71. The summed E-state index contributed by atoms with van der Waals surface area (Å²) >= 11 is 0. The van der Waals surface area contributed by atoms with Gasteiger partial charge in [-0.25, -0.2) is 4.79 Å². The summed E-state index contributed by atoms with van der Waals surface area (Å²) < 4.78 is 2.15. The molecule has 0 saturated heterocycles. The number of carboxylic acid groups (broad SMARTS) is 1. The van der Waals surface area contributed by atoms with Gasteiger partial charge in [0.1, 0.15) is 0 Å². The van der Waals surface area contributed by atoms with E-state index in [1.807, 2.05) is 24.4 Å². The number of nitrogens with zero attached hydrogens (tertiary/aromatic N) is 2. The van der Waals surface area contributed by atoms with Crippen molar-refractivity contribution in [3.8, 4) is 0 Å². The lowest BCUT2D eigenvalue weighted by Crippen LogP contribution is -2.02. The lowest BCUT2D eigenvalue weighted by atomic mass is 10.2. The Balaban J connectivity index is 1.89. The van der Waals surface area contributed by atoms with Crippen LogP contribution < -0.4 is 5.43 Å². The van der Waals surface area contributed by atoms with Gasteiger partial charge in [-0.3, -0.25) is 5.43 Å². The van der Waals surface area contributed by atoms with Gasteiger partial charge < -0.3 is 9.67 Å². The van der Waals surface area contributed by atoms with Gasteiger partial charge in [-0.2, -0.15) is 5.10 Å². The van der Waals surface area contributed by atoms with Gasteiger partial charge in [0.25, 0.3) is 0 Å². The summed E-state index contributed by atoms with van der Waals surface area (Å²) in [7, 11) is 0. The average molecular weight is 307 g/mol. The first-order chi connectivity index (χ1) is 11.2. The number of anilines is 1. The van der Waals surface area contributed by atoms with Crippen LogP contribution in [0.15, 0.2) is 59.8 Å².